The van der Waals surface area contributed by atoms with Gasteiger partial charge in [-0.3, -0.25) is 0 Å². The van der Waals surface area contributed by atoms with Crippen molar-refractivity contribution in [3.63, 3.8) is 0 Å². The molecule has 76 valence electrons. The molecule has 1 aromatic carbocycles. The second-order valence-electron chi connectivity index (χ2n) is 3.36. The Balaban J connectivity index is 0.00000169. The predicted molar refractivity (Wildman–Crippen MR) is 48.4 cm³/mol. The van der Waals surface area contributed by atoms with E-state index in [1.807, 2.05) is 13.0 Å². The first kappa shape index (κ1) is 13.8. The summed E-state index contributed by atoms with van der Waals surface area (Å²) in [4.78, 5) is 0. The van der Waals surface area contributed by atoms with Crippen molar-refractivity contribution in [3.05, 3.63) is 35.4 Å². The molecule has 0 aliphatic carbocycles. The van der Waals surface area contributed by atoms with Gasteiger partial charge in [0, 0.05) is 33.4 Å². The number of hydrogen-bond acceptors (Lipinski definition) is 0. The number of benzene rings is 1. The van der Waals surface area contributed by atoms with Crippen LogP contribution in [-0.4, -0.2) is 0 Å². The van der Waals surface area contributed by atoms with E-state index in [1.54, 1.807) is 0 Å². The van der Waals surface area contributed by atoms with Gasteiger partial charge in [0.05, 0.1) is 0 Å². The van der Waals surface area contributed by atoms with Crippen molar-refractivity contribution < 1.29 is 30.5 Å². The van der Waals surface area contributed by atoms with E-state index in [2.05, 4.69) is 6.92 Å². The minimum Gasteiger partial charge on any atom is -0.236 e. The van der Waals surface area contributed by atoms with Crippen LogP contribution in [0, 0.1) is 23.6 Å². The summed E-state index contributed by atoms with van der Waals surface area (Å²) in [6.45, 7) is 4.10. The zero-order valence-corrected chi connectivity index (χ0v) is 9.96. The Morgan fingerprint density at radius 1 is 1.36 bits per heavy atom. The Labute approximate surface area is 98.6 Å². The van der Waals surface area contributed by atoms with Crippen molar-refractivity contribution in [2.24, 2.45) is 5.92 Å². The van der Waals surface area contributed by atoms with Gasteiger partial charge in [0.25, 0.3) is 0 Å². The molecule has 1 rings (SSSR count). The van der Waals surface area contributed by atoms with Gasteiger partial charge in [-0.1, -0.05) is 32.6 Å². The maximum Gasteiger partial charge on any atom is 0.0168 e. The summed E-state index contributed by atoms with van der Waals surface area (Å²) in [5.41, 5.74) is 0.552. The third-order valence-electron chi connectivity index (χ3n) is 2.21. The molecule has 0 saturated heterocycles. The molecule has 0 nitrogen and oxygen atoms in total. The Bertz CT molecular complexity index is 287. The summed E-state index contributed by atoms with van der Waals surface area (Å²) in [5.74, 6) is -0.765. The molecule has 1 unspecified atom stereocenters. The molecule has 0 amide bonds. The molecule has 0 radical (unpaired) electrons. The van der Waals surface area contributed by atoms with Crippen LogP contribution in [0.4, 0.5) is 8.78 Å². The maximum atomic E-state index is 13.1. The van der Waals surface area contributed by atoms with Crippen LogP contribution < -0.4 is 0 Å². The summed E-state index contributed by atoms with van der Waals surface area (Å²) in [5, 5.41) is 0. The topological polar surface area (TPSA) is 0 Å². The molecule has 0 spiro atoms. The Hall–Kier alpha value is -0.206. The molecule has 0 aliphatic rings. The monoisotopic (exact) mass is 231 g/mol. The fourth-order valence-electron chi connectivity index (χ4n) is 1.15. The molecular formula is C11H13F2Ti-. The third kappa shape index (κ3) is 3.89. The van der Waals surface area contributed by atoms with Crippen LogP contribution in [0.3, 0.4) is 0 Å². The molecule has 3 heteroatoms. The summed E-state index contributed by atoms with van der Waals surface area (Å²) in [6, 6.07) is 4.78. The van der Waals surface area contributed by atoms with Gasteiger partial charge in [-0.25, -0.2) is 8.78 Å². The van der Waals surface area contributed by atoms with E-state index < -0.39 is 11.6 Å². The van der Waals surface area contributed by atoms with Crippen molar-refractivity contribution in [1.29, 1.82) is 0 Å². The molecular weight excluding hydrogens is 218 g/mol. The normalized spacial score (nSPS) is 12.0. The van der Waals surface area contributed by atoms with Crippen LogP contribution >= 0.6 is 0 Å². The summed E-state index contributed by atoms with van der Waals surface area (Å²) in [7, 11) is 0. The predicted octanol–water partition coefficient (Wildman–Crippen LogP) is 3.35. The molecule has 0 fully saturated rings. The van der Waals surface area contributed by atoms with Crippen LogP contribution in [-0.2, 0) is 28.1 Å². The maximum absolute atomic E-state index is 13.1. The zero-order valence-electron chi connectivity index (χ0n) is 8.40. The van der Waals surface area contributed by atoms with Gasteiger partial charge in [-0.05, 0) is 0 Å². The van der Waals surface area contributed by atoms with Crippen molar-refractivity contribution in [2.45, 2.75) is 26.7 Å². The van der Waals surface area contributed by atoms with Crippen molar-refractivity contribution in [2.75, 3.05) is 0 Å². The van der Waals surface area contributed by atoms with Crippen LogP contribution in [0.25, 0.3) is 0 Å². The van der Waals surface area contributed by atoms with Gasteiger partial charge in [0.15, 0.2) is 0 Å². The van der Waals surface area contributed by atoms with Crippen molar-refractivity contribution in [1.82, 2.24) is 0 Å². The third-order valence-corrected chi connectivity index (χ3v) is 2.21. The van der Waals surface area contributed by atoms with Gasteiger partial charge in [0.1, 0.15) is 0 Å². The second-order valence-corrected chi connectivity index (χ2v) is 3.36. The molecule has 0 aliphatic heterocycles. The smallest absolute Gasteiger partial charge is 0.0168 e. The average Bonchev–Trinajstić information content (AvgIpc) is 2.09. The Kier molecular flexibility index (Phi) is 6.22. The van der Waals surface area contributed by atoms with Crippen LogP contribution in [0.5, 0.6) is 0 Å². The first-order valence-corrected chi connectivity index (χ1v) is 4.49. The van der Waals surface area contributed by atoms with Gasteiger partial charge in [-0.15, -0.1) is 17.7 Å². The SMILES string of the molecule is CCC(C)Cc1ccc(F)[c-]c1F.[Ti]. The van der Waals surface area contributed by atoms with Crippen molar-refractivity contribution >= 4 is 0 Å². The van der Waals surface area contributed by atoms with Gasteiger partial charge in [0.2, 0.25) is 0 Å². The van der Waals surface area contributed by atoms with E-state index in [0.717, 1.165) is 6.42 Å². The standard InChI is InChI=1S/C11H13F2.Ti/c1-3-8(2)6-9-4-5-10(12)7-11(9)13;/h4-5,8H,3,6H2,1-2H3;/q-1;. The largest absolute Gasteiger partial charge is 0.236 e. The van der Waals surface area contributed by atoms with E-state index >= 15 is 0 Å². The number of rotatable bonds is 3. The molecule has 14 heavy (non-hydrogen) atoms. The Morgan fingerprint density at radius 3 is 2.50 bits per heavy atom. The molecule has 0 N–H and O–H groups in total. The summed E-state index contributed by atoms with van der Waals surface area (Å²) in [6.07, 6.45) is 1.65. The van der Waals surface area contributed by atoms with E-state index in [1.165, 1.54) is 12.1 Å². The van der Waals surface area contributed by atoms with Crippen LogP contribution in [0.15, 0.2) is 12.1 Å². The van der Waals surface area contributed by atoms with Crippen LogP contribution in [0.1, 0.15) is 25.8 Å². The molecule has 0 saturated carbocycles. The van der Waals surface area contributed by atoms with E-state index in [-0.39, 0.29) is 21.7 Å². The van der Waals surface area contributed by atoms with Gasteiger partial charge < -0.3 is 0 Å². The number of hydrogen-bond donors (Lipinski definition) is 0. The van der Waals surface area contributed by atoms with Gasteiger partial charge in [-0.2, -0.15) is 6.07 Å². The van der Waals surface area contributed by atoms with E-state index in [4.69, 9.17) is 0 Å². The first-order chi connectivity index (χ1) is 6.13. The Morgan fingerprint density at radius 2 is 2.00 bits per heavy atom. The summed E-state index contributed by atoms with van der Waals surface area (Å²) < 4.78 is 25.5. The first-order valence-electron chi connectivity index (χ1n) is 4.49. The fraction of sp³-hybridized carbons (Fsp3) is 0.455. The van der Waals surface area contributed by atoms with Gasteiger partial charge >= 0.3 is 0 Å². The number of halogens is 2. The van der Waals surface area contributed by atoms with E-state index in [0.29, 0.717) is 17.9 Å². The minimum absolute atomic E-state index is 0. The molecule has 0 bridgehead atoms. The molecule has 0 aromatic heterocycles. The van der Waals surface area contributed by atoms with Crippen LogP contribution in [0.2, 0.25) is 0 Å². The van der Waals surface area contributed by atoms with E-state index in [9.17, 15) is 8.78 Å². The minimum atomic E-state index is -0.634. The molecule has 1 aromatic rings. The summed E-state index contributed by atoms with van der Waals surface area (Å²) >= 11 is 0. The fourth-order valence-corrected chi connectivity index (χ4v) is 1.15. The molecule has 0 heterocycles. The quantitative estimate of drug-likeness (QED) is 0.552. The van der Waals surface area contributed by atoms with Crippen molar-refractivity contribution in [3.8, 4) is 0 Å². The average molecular weight is 231 g/mol. The zero-order chi connectivity index (χ0) is 9.84. The second kappa shape index (κ2) is 6.31. The molecule has 1 atom stereocenters.